The van der Waals surface area contributed by atoms with Crippen LogP contribution in [0.2, 0.25) is 0 Å². The Balaban J connectivity index is 1.87. The van der Waals surface area contributed by atoms with Crippen molar-refractivity contribution < 1.29 is 0 Å². The SMILES string of the molecule is Cc1nn(C)c2cc(C34CCCCC3NCC4)ccc12. The van der Waals surface area contributed by atoms with Crippen LogP contribution in [-0.4, -0.2) is 22.4 Å². The topological polar surface area (TPSA) is 29.9 Å². The van der Waals surface area contributed by atoms with Gasteiger partial charge in [-0.15, -0.1) is 0 Å². The first-order valence-electron chi connectivity index (χ1n) is 7.88. The minimum absolute atomic E-state index is 0.380. The van der Waals surface area contributed by atoms with Crippen LogP contribution < -0.4 is 5.32 Å². The fraction of sp³-hybridized carbons (Fsp3) is 0.588. The van der Waals surface area contributed by atoms with E-state index >= 15 is 0 Å². The standard InChI is InChI=1S/C17H23N3/c1-12-14-7-6-13(11-15(14)20(2)19-12)17-8-4-3-5-16(17)18-10-9-17/h6-7,11,16,18H,3-5,8-10H2,1-2H3. The molecule has 1 N–H and O–H groups in total. The lowest BCUT2D eigenvalue weighted by Gasteiger charge is -2.39. The second kappa shape index (κ2) is 4.32. The Bertz CT molecular complexity index is 658. The molecule has 2 heterocycles. The molecule has 1 aromatic carbocycles. The molecule has 1 aromatic heterocycles. The first-order valence-corrected chi connectivity index (χ1v) is 7.88. The summed E-state index contributed by atoms with van der Waals surface area (Å²) in [5.74, 6) is 0. The molecular weight excluding hydrogens is 246 g/mol. The molecule has 2 fully saturated rings. The van der Waals surface area contributed by atoms with Gasteiger partial charge in [0.05, 0.1) is 11.2 Å². The summed E-state index contributed by atoms with van der Waals surface area (Å²) >= 11 is 0. The Kier molecular flexibility index (Phi) is 2.68. The van der Waals surface area contributed by atoms with E-state index in [4.69, 9.17) is 0 Å². The van der Waals surface area contributed by atoms with Crippen LogP contribution >= 0.6 is 0 Å². The predicted octanol–water partition coefficient (Wildman–Crippen LogP) is 3.06. The van der Waals surface area contributed by atoms with Gasteiger partial charge in [-0.3, -0.25) is 4.68 Å². The number of nitrogens with one attached hydrogen (secondary N) is 1. The Morgan fingerprint density at radius 1 is 1.30 bits per heavy atom. The van der Waals surface area contributed by atoms with Crippen LogP contribution in [0.4, 0.5) is 0 Å². The average Bonchev–Trinajstić information content (AvgIpc) is 3.02. The summed E-state index contributed by atoms with van der Waals surface area (Å²) in [6, 6.07) is 7.73. The lowest BCUT2D eigenvalue weighted by molar-refractivity contribution is 0.267. The van der Waals surface area contributed by atoms with Crippen molar-refractivity contribution in [1.29, 1.82) is 0 Å². The Morgan fingerprint density at radius 2 is 2.20 bits per heavy atom. The molecule has 1 aliphatic heterocycles. The lowest BCUT2D eigenvalue weighted by atomic mass is 9.66. The number of hydrogen-bond acceptors (Lipinski definition) is 2. The number of benzene rings is 1. The summed E-state index contributed by atoms with van der Waals surface area (Å²) in [6.07, 6.45) is 6.72. The molecule has 4 rings (SSSR count). The van der Waals surface area contributed by atoms with E-state index in [0.717, 1.165) is 5.69 Å². The minimum atomic E-state index is 0.380. The number of nitrogens with zero attached hydrogens (tertiary/aromatic N) is 2. The zero-order valence-corrected chi connectivity index (χ0v) is 12.4. The number of hydrogen-bond donors (Lipinski definition) is 1. The normalized spacial score (nSPS) is 29.8. The molecule has 0 amide bonds. The van der Waals surface area contributed by atoms with Gasteiger partial charge in [-0.25, -0.2) is 0 Å². The molecular formula is C17H23N3. The Hall–Kier alpha value is -1.35. The summed E-state index contributed by atoms with van der Waals surface area (Å²) in [5, 5.41) is 9.60. The first kappa shape index (κ1) is 12.4. The third kappa shape index (κ3) is 1.59. The van der Waals surface area contributed by atoms with Crippen LogP contribution in [0.15, 0.2) is 18.2 Å². The van der Waals surface area contributed by atoms with E-state index in [2.05, 4.69) is 42.6 Å². The number of rotatable bonds is 1. The van der Waals surface area contributed by atoms with Crippen molar-refractivity contribution in [3.8, 4) is 0 Å². The van der Waals surface area contributed by atoms with Crippen molar-refractivity contribution in [3.05, 3.63) is 29.5 Å². The highest BCUT2D eigenvalue weighted by molar-refractivity contribution is 5.82. The van der Waals surface area contributed by atoms with Crippen molar-refractivity contribution in [1.82, 2.24) is 15.1 Å². The summed E-state index contributed by atoms with van der Waals surface area (Å²) in [5.41, 5.74) is 4.33. The molecule has 20 heavy (non-hydrogen) atoms. The van der Waals surface area contributed by atoms with Crippen LogP contribution in [0, 0.1) is 6.92 Å². The zero-order chi connectivity index (χ0) is 13.7. The van der Waals surface area contributed by atoms with E-state index < -0.39 is 0 Å². The Labute approximate surface area is 120 Å². The summed E-state index contributed by atoms with van der Waals surface area (Å²) in [7, 11) is 2.06. The maximum atomic E-state index is 4.56. The van der Waals surface area contributed by atoms with E-state index in [9.17, 15) is 0 Å². The van der Waals surface area contributed by atoms with Gasteiger partial charge in [0.1, 0.15) is 0 Å². The quantitative estimate of drug-likeness (QED) is 0.862. The van der Waals surface area contributed by atoms with Crippen molar-refractivity contribution in [2.45, 2.75) is 50.5 Å². The lowest BCUT2D eigenvalue weighted by Crippen LogP contribution is -2.42. The van der Waals surface area contributed by atoms with E-state index in [1.807, 2.05) is 4.68 Å². The average molecular weight is 269 g/mol. The zero-order valence-electron chi connectivity index (χ0n) is 12.4. The van der Waals surface area contributed by atoms with Crippen LogP contribution in [0.25, 0.3) is 10.9 Å². The fourth-order valence-corrected chi connectivity index (χ4v) is 4.54. The second-order valence-corrected chi connectivity index (χ2v) is 6.60. The van der Waals surface area contributed by atoms with Gasteiger partial charge in [-0.1, -0.05) is 25.0 Å². The highest BCUT2D eigenvalue weighted by atomic mass is 15.3. The molecule has 1 aliphatic carbocycles. The summed E-state index contributed by atoms with van der Waals surface area (Å²) < 4.78 is 2.03. The molecule has 0 spiro atoms. The van der Waals surface area contributed by atoms with E-state index in [0.29, 0.717) is 11.5 Å². The van der Waals surface area contributed by atoms with E-state index in [1.54, 1.807) is 0 Å². The van der Waals surface area contributed by atoms with Gasteiger partial charge in [0.15, 0.2) is 0 Å². The summed E-state index contributed by atoms with van der Waals surface area (Å²) in [6.45, 7) is 3.27. The highest BCUT2D eigenvalue weighted by Gasteiger charge is 2.45. The van der Waals surface area contributed by atoms with Gasteiger partial charge < -0.3 is 5.32 Å². The maximum Gasteiger partial charge on any atom is 0.0684 e. The summed E-state index contributed by atoms with van der Waals surface area (Å²) in [4.78, 5) is 0. The predicted molar refractivity (Wildman–Crippen MR) is 82.0 cm³/mol. The van der Waals surface area contributed by atoms with Crippen molar-refractivity contribution >= 4 is 10.9 Å². The van der Waals surface area contributed by atoms with Gasteiger partial charge in [0, 0.05) is 23.9 Å². The molecule has 0 radical (unpaired) electrons. The van der Waals surface area contributed by atoms with Crippen LogP contribution in [0.5, 0.6) is 0 Å². The molecule has 2 aromatic rings. The molecule has 3 nitrogen and oxygen atoms in total. The Morgan fingerprint density at radius 3 is 3.10 bits per heavy atom. The monoisotopic (exact) mass is 269 g/mol. The molecule has 1 saturated heterocycles. The second-order valence-electron chi connectivity index (χ2n) is 6.60. The number of aryl methyl sites for hydroxylation is 2. The third-order valence-corrected chi connectivity index (χ3v) is 5.61. The van der Waals surface area contributed by atoms with Gasteiger partial charge in [-0.05, 0) is 44.4 Å². The molecule has 2 unspecified atom stereocenters. The third-order valence-electron chi connectivity index (χ3n) is 5.61. The van der Waals surface area contributed by atoms with Crippen molar-refractivity contribution in [2.75, 3.05) is 6.54 Å². The van der Waals surface area contributed by atoms with Gasteiger partial charge >= 0.3 is 0 Å². The van der Waals surface area contributed by atoms with E-state index in [-0.39, 0.29) is 0 Å². The number of aromatic nitrogens is 2. The first-order chi connectivity index (χ1) is 9.71. The van der Waals surface area contributed by atoms with E-state index in [1.165, 1.54) is 55.1 Å². The van der Waals surface area contributed by atoms with Gasteiger partial charge in [0.25, 0.3) is 0 Å². The molecule has 0 bridgehead atoms. The van der Waals surface area contributed by atoms with Gasteiger partial charge in [-0.2, -0.15) is 5.10 Å². The maximum absolute atomic E-state index is 4.56. The van der Waals surface area contributed by atoms with Crippen molar-refractivity contribution in [2.24, 2.45) is 7.05 Å². The largest absolute Gasteiger partial charge is 0.313 e. The van der Waals surface area contributed by atoms with Crippen LogP contribution in [-0.2, 0) is 12.5 Å². The molecule has 2 aliphatic rings. The van der Waals surface area contributed by atoms with Crippen LogP contribution in [0.3, 0.4) is 0 Å². The molecule has 2 atom stereocenters. The van der Waals surface area contributed by atoms with Crippen molar-refractivity contribution in [3.63, 3.8) is 0 Å². The van der Waals surface area contributed by atoms with Gasteiger partial charge in [0.2, 0.25) is 0 Å². The molecule has 3 heteroatoms. The molecule has 1 saturated carbocycles. The fourth-order valence-electron chi connectivity index (χ4n) is 4.54. The smallest absolute Gasteiger partial charge is 0.0684 e. The highest BCUT2D eigenvalue weighted by Crippen LogP contribution is 2.45. The number of fused-ring (bicyclic) bond motifs is 2. The van der Waals surface area contributed by atoms with Crippen LogP contribution in [0.1, 0.15) is 43.4 Å². The molecule has 106 valence electrons. The minimum Gasteiger partial charge on any atom is -0.313 e.